The van der Waals surface area contributed by atoms with Gasteiger partial charge in [0.15, 0.2) is 0 Å². The number of sulfone groups is 1. The summed E-state index contributed by atoms with van der Waals surface area (Å²) in [6.07, 6.45) is 1.27. The van der Waals surface area contributed by atoms with Crippen LogP contribution in [0.25, 0.3) is 0 Å². The summed E-state index contributed by atoms with van der Waals surface area (Å²) < 4.78 is 26.8. The SMILES string of the molecule is COC(=O)CCN(CC(C)C)C(=O)C(N)CCS(C)(=O)=O. The summed E-state index contributed by atoms with van der Waals surface area (Å²) in [5.74, 6) is -0.655. The van der Waals surface area contributed by atoms with Gasteiger partial charge in [0.25, 0.3) is 0 Å². The monoisotopic (exact) mass is 322 g/mol. The first kappa shape index (κ1) is 19.9. The van der Waals surface area contributed by atoms with Gasteiger partial charge in [0.05, 0.1) is 25.3 Å². The smallest absolute Gasteiger partial charge is 0.307 e. The van der Waals surface area contributed by atoms with Crippen LogP contribution in [0.4, 0.5) is 0 Å². The van der Waals surface area contributed by atoms with Gasteiger partial charge in [-0.15, -0.1) is 0 Å². The molecule has 0 saturated carbocycles. The number of hydrogen-bond donors (Lipinski definition) is 1. The van der Waals surface area contributed by atoms with Crippen molar-refractivity contribution < 1.29 is 22.7 Å². The molecule has 0 aromatic rings. The van der Waals surface area contributed by atoms with Gasteiger partial charge in [-0.3, -0.25) is 9.59 Å². The highest BCUT2D eigenvalue weighted by molar-refractivity contribution is 7.90. The van der Waals surface area contributed by atoms with Crippen molar-refractivity contribution in [2.24, 2.45) is 11.7 Å². The lowest BCUT2D eigenvalue weighted by Crippen LogP contribution is -2.46. The van der Waals surface area contributed by atoms with E-state index in [4.69, 9.17) is 5.73 Å². The van der Waals surface area contributed by atoms with Gasteiger partial charge in [0, 0.05) is 19.3 Å². The number of esters is 1. The van der Waals surface area contributed by atoms with Gasteiger partial charge >= 0.3 is 5.97 Å². The molecule has 0 fully saturated rings. The Hall–Kier alpha value is -1.15. The van der Waals surface area contributed by atoms with Crippen LogP contribution in [0.2, 0.25) is 0 Å². The van der Waals surface area contributed by atoms with E-state index in [1.165, 1.54) is 12.0 Å². The molecule has 0 spiro atoms. The Morgan fingerprint density at radius 3 is 2.29 bits per heavy atom. The van der Waals surface area contributed by atoms with Gasteiger partial charge in [-0.1, -0.05) is 13.8 Å². The molecule has 0 heterocycles. The minimum Gasteiger partial charge on any atom is -0.469 e. The molecular formula is C13H26N2O5S. The number of amides is 1. The lowest BCUT2D eigenvalue weighted by Gasteiger charge is -2.27. The molecule has 0 radical (unpaired) electrons. The van der Waals surface area contributed by atoms with E-state index in [0.29, 0.717) is 6.54 Å². The summed E-state index contributed by atoms with van der Waals surface area (Å²) in [6, 6.07) is -0.879. The number of nitrogens with two attached hydrogens (primary N) is 1. The van der Waals surface area contributed by atoms with E-state index >= 15 is 0 Å². The standard InChI is InChI=1S/C13H26N2O5S/c1-10(2)9-15(7-5-12(16)20-3)13(17)11(14)6-8-21(4,18)19/h10-11H,5-9,14H2,1-4H3. The molecule has 1 atom stereocenters. The highest BCUT2D eigenvalue weighted by atomic mass is 32.2. The fourth-order valence-electron chi connectivity index (χ4n) is 1.76. The maximum atomic E-state index is 12.3. The highest BCUT2D eigenvalue weighted by Crippen LogP contribution is 2.06. The van der Waals surface area contributed by atoms with Crippen molar-refractivity contribution in [3.8, 4) is 0 Å². The maximum Gasteiger partial charge on any atom is 0.307 e. The third kappa shape index (κ3) is 9.41. The van der Waals surface area contributed by atoms with E-state index in [0.717, 1.165) is 6.26 Å². The predicted octanol–water partition coefficient (Wildman–Crippen LogP) is -0.204. The Morgan fingerprint density at radius 2 is 1.86 bits per heavy atom. The first-order valence-electron chi connectivity index (χ1n) is 6.85. The van der Waals surface area contributed by atoms with E-state index < -0.39 is 21.8 Å². The van der Waals surface area contributed by atoms with Crippen LogP contribution < -0.4 is 5.73 Å². The first-order chi connectivity index (χ1) is 9.56. The molecule has 1 amide bonds. The van der Waals surface area contributed by atoms with Crippen molar-refractivity contribution in [3.05, 3.63) is 0 Å². The second kappa shape index (κ2) is 8.99. The quantitative estimate of drug-likeness (QED) is 0.589. The van der Waals surface area contributed by atoms with E-state index in [-0.39, 0.29) is 37.0 Å². The third-order valence-corrected chi connectivity index (χ3v) is 3.80. The van der Waals surface area contributed by atoms with Crippen molar-refractivity contribution in [3.63, 3.8) is 0 Å². The molecule has 124 valence electrons. The molecule has 0 bridgehead atoms. The Bertz CT molecular complexity index is 447. The van der Waals surface area contributed by atoms with Crippen LogP contribution in [-0.2, 0) is 24.2 Å². The molecule has 2 N–H and O–H groups in total. The van der Waals surface area contributed by atoms with Crippen molar-refractivity contribution in [1.29, 1.82) is 0 Å². The fraction of sp³-hybridized carbons (Fsp3) is 0.846. The van der Waals surface area contributed by atoms with Gasteiger partial charge < -0.3 is 15.4 Å². The molecule has 0 aliphatic heterocycles. The van der Waals surface area contributed by atoms with Gasteiger partial charge in [-0.05, 0) is 12.3 Å². The first-order valence-corrected chi connectivity index (χ1v) is 8.91. The zero-order valence-electron chi connectivity index (χ0n) is 13.2. The van der Waals surface area contributed by atoms with E-state index in [2.05, 4.69) is 4.74 Å². The van der Waals surface area contributed by atoms with Crippen LogP contribution in [0.15, 0.2) is 0 Å². The van der Waals surface area contributed by atoms with Gasteiger partial charge in [-0.2, -0.15) is 0 Å². The molecule has 21 heavy (non-hydrogen) atoms. The largest absolute Gasteiger partial charge is 0.469 e. The third-order valence-electron chi connectivity index (χ3n) is 2.83. The number of hydrogen-bond acceptors (Lipinski definition) is 6. The number of ether oxygens (including phenoxy) is 1. The number of methoxy groups -OCH3 is 1. The summed E-state index contributed by atoms with van der Waals surface area (Å²) in [6.45, 7) is 4.57. The lowest BCUT2D eigenvalue weighted by molar-refractivity contribution is -0.142. The zero-order valence-corrected chi connectivity index (χ0v) is 14.0. The van der Waals surface area contributed by atoms with Crippen LogP contribution >= 0.6 is 0 Å². The summed E-state index contributed by atoms with van der Waals surface area (Å²) in [5.41, 5.74) is 5.77. The van der Waals surface area contributed by atoms with Crippen LogP contribution in [0.3, 0.4) is 0 Å². The molecule has 0 aromatic heterocycles. The molecule has 7 nitrogen and oxygen atoms in total. The number of carbonyl (C=O) groups is 2. The van der Waals surface area contributed by atoms with Gasteiger partial charge in [0.2, 0.25) is 5.91 Å². The Kier molecular flexibility index (Phi) is 8.50. The molecule has 0 aliphatic rings. The normalized spacial score (nSPS) is 13.0. The summed E-state index contributed by atoms with van der Waals surface area (Å²) >= 11 is 0. The number of carbonyl (C=O) groups excluding carboxylic acids is 2. The van der Waals surface area contributed by atoms with Gasteiger partial charge in [0.1, 0.15) is 9.84 Å². The summed E-state index contributed by atoms with van der Waals surface area (Å²) in [5, 5.41) is 0. The average Bonchev–Trinajstić information content (AvgIpc) is 2.38. The minimum absolute atomic E-state index is 0.0739. The summed E-state index contributed by atoms with van der Waals surface area (Å²) in [4.78, 5) is 24.9. The van der Waals surface area contributed by atoms with E-state index in [1.54, 1.807) is 0 Å². The molecule has 0 aliphatic carbocycles. The van der Waals surface area contributed by atoms with E-state index in [1.807, 2.05) is 13.8 Å². The van der Waals surface area contributed by atoms with Crippen molar-refractivity contribution in [1.82, 2.24) is 4.90 Å². The van der Waals surface area contributed by atoms with Crippen LogP contribution in [0.5, 0.6) is 0 Å². The molecule has 0 aromatic carbocycles. The maximum absolute atomic E-state index is 12.3. The Morgan fingerprint density at radius 1 is 1.29 bits per heavy atom. The highest BCUT2D eigenvalue weighted by Gasteiger charge is 2.23. The number of nitrogens with zero attached hydrogens (tertiary/aromatic N) is 1. The minimum atomic E-state index is -3.16. The van der Waals surface area contributed by atoms with Gasteiger partial charge in [-0.25, -0.2) is 8.42 Å². The zero-order chi connectivity index (χ0) is 16.6. The van der Waals surface area contributed by atoms with Crippen molar-refractivity contribution >= 4 is 21.7 Å². The molecule has 8 heteroatoms. The van der Waals surface area contributed by atoms with Crippen LogP contribution in [0.1, 0.15) is 26.7 Å². The number of rotatable bonds is 9. The van der Waals surface area contributed by atoms with Crippen molar-refractivity contribution in [2.75, 3.05) is 32.2 Å². The fourth-order valence-corrected chi connectivity index (χ4v) is 2.44. The summed E-state index contributed by atoms with van der Waals surface area (Å²) in [7, 11) is -1.87. The van der Waals surface area contributed by atoms with Crippen LogP contribution in [0, 0.1) is 5.92 Å². The molecule has 0 saturated heterocycles. The topological polar surface area (TPSA) is 107 Å². The predicted molar refractivity (Wildman–Crippen MR) is 80.4 cm³/mol. The Balaban J connectivity index is 4.65. The molecular weight excluding hydrogens is 296 g/mol. The molecule has 0 rings (SSSR count). The Labute approximate surface area is 126 Å². The average molecular weight is 322 g/mol. The lowest BCUT2D eigenvalue weighted by atomic mass is 10.1. The van der Waals surface area contributed by atoms with Crippen molar-refractivity contribution in [2.45, 2.75) is 32.7 Å². The van der Waals surface area contributed by atoms with Crippen LogP contribution in [-0.4, -0.2) is 63.4 Å². The van der Waals surface area contributed by atoms with E-state index in [9.17, 15) is 18.0 Å². The second-order valence-corrected chi connectivity index (χ2v) is 7.79. The second-order valence-electron chi connectivity index (χ2n) is 5.53. The molecule has 1 unspecified atom stereocenters.